The average Bonchev–Trinajstić information content (AvgIpc) is 3.01. The van der Waals surface area contributed by atoms with Crippen molar-refractivity contribution < 1.29 is 28.7 Å². The largest absolute Gasteiger partial charge is 0.491 e. The van der Waals surface area contributed by atoms with Crippen LogP contribution in [0.5, 0.6) is 5.75 Å². The van der Waals surface area contributed by atoms with Gasteiger partial charge in [0, 0.05) is 26.2 Å². The van der Waals surface area contributed by atoms with Gasteiger partial charge in [-0.3, -0.25) is 24.1 Å². The predicted octanol–water partition coefficient (Wildman–Crippen LogP) is 2.39. The van der Waals surface area contributed by atoms with Gasteiger partial charge < -0.3 is 30.7 Å². The molecule has 2 aliphatic heterocycles. The second kappa shape index (κ2) is 16.4. The maximum absolute atomic E-state index is 13.5. The minimum Gasteiger partial charge on any atom is -0.491 e. The van der Waals surface area contributed by atoms with Crippen LogP contribution in [0, 0.1) is 11.8 Å². The molecule has 244 valence electrons. The van der Waals surface area contributed by atoms with Gasteiger partial charge in [0.15, 0.2) is 0 Å². The molecule has 0 radical (unpaired) electrons. The Morgan fingerprint density at radius 1 is 0.933 bits per heavy atom. The van der Waals surface area contributed by atoms with Crippen LogP contribution in [0.15, 0.2) is 48.5 Å². The van der Waals surface area contributed by atoms with Crippen molar-refractivity contribution in [2.24, 2.45) is 11.8 Å². The molecule has 2 heterocycles. The van der Waals surface area contributed by atoms with Crippen LogP contribution in [0.25, 0.3) is 0 Å². The molecule has 0 aliphatic carbocycles. The second-order valence-corrected chi connectivity index (χ2v) is 12.6. The van der Waals surface area contributed by atoms with Crippen molar-refractivity contribution >= 4 is 23.6 Å². The second-order valence-electron chi connectivity index (χ2n) is 12.6. The molecule has 0 bridgehead atoms. The minimum absolute atomic E-state index is 0.141. The number of para-hydroxylation sites is 1. The van der Waals surface area contributed by atoms with E-state index in [1.54, 1.807) is 24.3 Å². The molecule has 0 aromatic heterocycles. The Kier molecular flexibility index (Phi) is 12.3. The van der Waals surface area contributed by atoms with E-state index in [2.05, 4.69) is 26.2 Å². The highest BCUT2D eigenvalue weighted by Crippen LogP contribution is 2.20. The highest BCUT2D eigenvalue weighted by molar-refractivity contribution is 6.01. The van der Waals surface area contributed by atoms with Crippen LogP contribution in [0.4, 0.5) is 0 Å². The number of carbonyl (C=O) groups excluding carboxylic acids is 4. The molecule has 4 rings (SSSR count). The van der Waals surface area contributed by atoms with Crippen molar-refractivity contribution in [3.63, 3.8) is 0 Å². The van der Waals surface area contributed by atoms with Gasteiger partial charge >= 0.3 is 0 Å². The summed E-state index contributed by atoms with van der Waals surface area (Å²) < 4.78 is 11.5. The smallest absolute Gasteiger partial charge is 0.255 e. The number of hydrogen-bond acceptors (Lipinski definition) is 7. The van der Waals surface area contributed by atoms with Crippen LogP contribution in [-0.4, -0.2) is 79.6 Å². The van der Waals surface area contributed by atoms with E-state index < -0.39 is 29.8 Å². The van der Waals surface area contributed by atoms with Crippen molar-refractivity contribution in [3.05, 3.63) is 65.2 Å². The topological polar surface area (TPSA) is 138 Å². The molecule has 2 aromatic carbocycles. The molecule has 2 aliphatic rings. The minimum atomic E-state index is -1.18. The van der Waals surface area contributed by atoms with E-state index in [0.717, 1.165) is 38.4 Å². The molecule has 11 heteroatoms. The van der Waals surface area contributed by atoms with Crippen LogP contribution in [0.3, 0.4) is 0 Å². The lowest BCUT2D eigenvalue weighted by Crippen LogP contribution is -2.55. The van der Waals surface area contributed by atoms with Crippen LogP contribution in [-0.2, 0) is 32.2 Å². The van der Waals surface area contributed by atoms with E-state index >= 15 is 0 Å². The Morgan fingerprint density at radius 3 is 2.31 bits per heavy atom. The van der Waals surface area contributed by atoms with Gasteiger partial charge in [-0.1, -0.05) is 64.1 Å². The summed E-state index contributed by atoms with van der Waals surface area (Å²) in [6.45, 7) is 12.3. The van der Waals surface area contributed by atoms with E-state index in [-0.39, 0.29) is 48.9 Å². The Hall–Kier alpha value is -3.96. The molecule has 0 spiro atoms. The summed E-state index contributed by atoms with van der Waals surface area (Å²) in [4.78, 5) is 55.8. The van der Waals surface area contributed by atoms with Crippen LogP contribution in [0.1, 0.15) is 62.0 Å². The first kappa shape index (κ1) is 33.9. The van der Waals surface area contributed by atoms with Gasteiger partial charge in [-0.05, 0) is 41.5 Å². The molecule has 4 N–H and O–H groups in total. The lowest BCUT2D eigenvalue weighted by atomic mass is 10.00. The number of nitrogens with zero attached hydrogens (tertiary/aromatic N) is 1. The third-order valence-corrected chi connectivity index (χ3v) is 7.95. The van der Waals surface area contributed by atoms with Crippen molar-refractivity contribution in [1.82, 2.24) is 26.2 Å². The van der Waals surface area contributed by atoms with Gasteiger partial charge in [0.25, 0.3) is 5.91 Å². The molecule has 0 unspecified atom stereocenters. The number of carbonyl (C=O) groups is 4. The number of fused-ring (bicyclic) bond motifs is 1. The molecular weight excluding hydrogens is 574 g/mol. The number of nitrogens with one attached hydrogen (secondary N) is 4. The maximum Gasteiger partial charge on any atom is 0.255 e. The zero-order valence-corrected chi connectivity index (χ0v) is 26.8. The fraction of sp³-hybridized carbons (Fsp3) is 0.529. The fourth-order valence-electron chi connectivity index (χ4n) is 5.49. The highest BCUT2D eigenvalue weighted by atomic mass is 16.5. The first-order valence-electron chi connectivity index (χ1n) is 15.9. The van der Waals surface area contributed by atoms with Crippen LogP contribution in [0.2, 0.25) is 0 Å². The van der Waals surface area contributed by atoms with E-state index in [1.165, 1.54) is 5.56 Å². The zero-order chi connectivity index (χ0) is 32.3. The first-order valence-corrected chi connectivity index (χ1v) is 15.9. The summed E-state index contributed by atoms with van der Waals surface area (Å²) in [5, 5.41) is 11.4. The monoisotopic (exact) mass is 621 g/mol. The molecule has 11 nitrogen and oxygen atoms in total. The summed E-state index contributed by atoms with van der Waals surface area (Å²) in [6, 6.07) is 12.4. The summed E-state index contributed by atoms with van der Waals surface area (Å²) in [5.41, 5.74) is 2.29. The number of rotatable bonds is 8. The van der Waals surface area contributed by atoms with E-state index in [9.17, 15) is 19.2 Å². The van der Waals surface area contributed by atoms with Gasteiger partial charge in [-0.25, -0.2) is 0 Å². The summed E-state index contributed by atoms with van der Waals surface area (Å²) >= 11 is 0. The van der Waals surface area contributed by atoms with E-state index in [4.69, 9.17) is 9.47 Å². The van der Waals surface area contributed by atoms with Gasteiger partial charge in [0.05, 0.1) is 31.2 Å². The summed E-state index contributed by atoms with van der Waals surface area (Å²) in [5.74, 6) is -1.49. The highest BCUT2D eigenvalue weighted by Gasteiger charge is 2.31. The Labute approximate surface area is 265 Å². The molecule has 2 aromatic rings. The van der Waals surface area contributed by atoms with Crippen LogP contribution < -0.4 is 26.0 Å². The average molecular weight is 622 g/mol. The summed E-state index contributed by atoms with van der Waals surface area (Å²) in [7, 11) is 0. The quantitative estimate of drug-likeness (QED) is 0.355. The predicted molar refractivity (Wildman–Crippen MR) is 170 cm³/mol. The Balaban J connectivity index is 1.49. The normalized spacial score (nSPS) is 22.0. The third kappa shape index (κ3) is 10.3. The van der Waals surface area contributed by atoms with E-state index in [0.29, 0.717) is 12.2 Å². The maximum atomic E-state index is 13.5. The molecular formula is C34H47N5O6. The third-order valence-electron chi connectivity index (χ3n) is 7.95. The number of morpholine rings is 1. The molecule has 3 atom stereocenters. The SMILES string of the molecule is CC(C)C[C@@H]1COc2ccccc2C(=O)N[C@H](C(=O)NCc2ccc(CN3CCOCC3)cc2)CC(=O)N[C@H](C(C)C)C(=O)N1. The molecule has 1 saturated heterocycles. The van der Waals surface area contributed by atoms with Crippen molar-refractivity contribution in [2.45, 2.75) is 71.8 Å². The lowest BCUT2D eigenvalue weighted by Gasteiger charge is -2.28. The molecule has 0 saturated carbocycles. The van der Waals surface area contributed by atoms with Gasteiger partial charge in [0.2, 0.25) is 17.7 Å². The molecule has 1 fully saturated rings. The van der Waals surface area contributed by atoms with Crippen molar-refractivity contribution in [3.8, 4) is 5.75 Å². The number of amides is 4. The lowest BCUT2D eigenvalue weighted by molar-refractivity contribution is -0.132. The number of benzene rings is 2. The zero-order valence-electron chi connectivity index (χ0n) is 26.8. The summed E-state index contributed by atoms with van der Waals surface area (Å²) in [6.07, 6.45) is 0.308. The number of hydrogen-bond donors (Lipinski definition) is 4. The van der Waals surface area contributed by atoms with Crippen molar-refractivity contribution in [2.75, 3.05) is 32.9 Å². The molecule has 4 amide bonds. The number of ether oxygens (including phenoxy) is 2. The standard InChI is InChI=1S/C34H47N5O6/c1-22(2)17-26-21-45-29-8-6-5-7-27(29)32(41)37-28(18-30(40)38-31(23(3)4)34(43)36-26)33(42)35-19-24-9-11-25(12-10-24)20-39-13-15-44-16-14-39/h5-12,22-23,26,28,31H,13-21H2,1-4H3,(H,35,42)(H,36,43)(H,37,41)(H,38,40)/t26-,28+,31-/m1/s1. The van der Waals surface area contributed by atoms with Gasteiger partial charge in [-0.2, -0.15) is 0 Å². The van der Waals surface area contributed by atoms with Crippen molar-refractivity contribution in [1.29, 1.82) is 0 Å². The van der Waals surface area contributed by atoms with Crippen LogP contribution >= 0.6 is 0 Å². The fourth-order valence-corrected chi connectivity index (χ4v) is 5.49. The molecule has 45 heavy (non-hydrogen) atoms. The Morgan fingerprint density at radius 2 is 1.62 bits per heavy atom. The van der Waals surface area contributed by atoms with Gasteiger partial charge in [0.1, 0.15) is 24.4 Å². The van der Waals surface area contributed by atoms with E-state index in [1.807, 2.05) is 52.0 Å². The van der Waals surface area contributed by atoms with Gasteiger partial charge in [-0.15, -0.1) is 0 Å². The Bertz CT molecular complexity index is 1310. The first-order chi connectivity index (χ1) is 21.6.